The number of carbonyl (C=O) groups excluding carboxylic acids is 2. The zero-order chi connectivity index (χ0) is 22.5. The van der Waals surface area contributed by atoms with Gasteiger partial charge in [0.15, 0.2) is 10.8 Å². The summed E-state index contributed by atoms with van der Waals surface area (Å²) in [4.78, 5) is 44.0. The summed E-state index contributed by atoms with van der Waals surface area (Å²) < 4.78 is 17.7. The fourth-order valence-electron chi connectivity index (χ4n) is 3.13. The van der Waals surface area contributed by atoms with Gasteiger partial charge in [-0.05, 0) is 25.1 Å². The van der Waals surface area contributed by atoms with Crippen LogP contribution in [-0.4, -0.2) is 59.2 Å². The van der Waals surface area contributed by atoms with Crippen LogP contribution in [-0.2, 0) is 25.6 Å². The summed E-state index contributed by atoms with van der Waals surface area (Å²) >= 11 is 2.51. The van der Waals surface area contributed by atoms with Crippen LogP contribution in [0, 0.1) is 0 Å². The molecular weight excluding hydrogens is 454 g/mol. The second-order valence-corrected chi connectivity index (χ2v) is 8.70. The first-order chi connectivity index (χ1) is 15.5. The van der Waals surface area contributed by atoms with E-state index in [1.165, 1.54) is 22.0 Å². The highest BCUT2D eigenvalue weighted by Gasteiger charge is 2.19. The first-order valence-corrected chi connectivity index (χ1v) is 11.7. The van der Waals surface area contributed by atoms with Gasteiger partial charge in [-0.15, -0.1) is 22.7 Å². The number of furan rings is 1. The average Bonchev–Trinajstić information content (AvgIpc) is 3.53. The van der Waals surface area contributed by atoms with Crippen molar-refractivity contribution >= 4 is 46.7 Å². The number of ether oxygens (including phenoxy) is 2. The molecule has 0 bridgehead atoms. The van der Waals surface area contributed by atoms with Crippen LogP contribution in [0.5, 0.6) is 0 Å². The van der Waals surface area contributed by atoms with Crippen molar-refractivity contribution in [2.24, 2.45) is 0 Å². The fourth-order valence-corrected chi connectivity index (χ4v) is 4.88. The molecule has 0 aliphatic carbocycles. The molecule has 0 unspecified atom stereocenters. The van der Waals surface area contributed by atoms with Gasteiger partial charge in [0.2, 0.25) is 5.91 Å². The van der Waals surface area contributed by atoms with Crippen LogP contribution in [0.4, 0.5) is 0 Å². The Labute approximate surface area is 190 Å². The number of hydrogen-bond donors (Lipinski definition) is 0. The molecule has 3 aromatic rings. The van der Waals surface area contributed by atoms with Crippen LogP contribution in [0.15, 0.2) is 33.0 Å². The number of morpholine rings is 1. The Balaban J connectivity index is 1.70. The van der Waals surface area contributed by atoms with Crippen molar-refractivity contribution in [3.63, 3.8) is 0 Å². The summed E-state index contributed by atoms with van der Waals surface area (Å²) in [5.74, 6) is -0.126. The van der Waals surface area contributed by atoms with Gasteiger partial charge in [-0.25, -0.2) is 9.78 Å². The van der Waals surface area contributed by atoms with E-state index in [-0.39, 0.29) is 24.6 Å². The maximum Gasteiger partial charge on any atom is 0.333 e. The highest BCUT2D eigenvalue weighted by atomic mass is 32.1. The van der Waals surface area contributed by atoms with Crippen molar-refractivity contribution in [3.05, 3.63) is 49.0 Å². The Morgan fingerprint density at radius 1 is 1.31 bits per heavy atom. The molecule has 0 spiro atoms. The third kappa shape index (κ3) is 5.06. The van der Waals surface area contributed by atoms with Crippen molar-refractivity contribution in [1.29, 1.82) is 0 Å². The summed E-state index contributed by atoms with van der Waals surface area (Å²) in [7, 11) is 0. The standard InChI is InChI=1S/C21H21N3O6S2/c1-2-29-19(26)11-18-24(12-17(25)23-5-8-28-9-6-23)21(27)16(32-18)10-14-13-31-20(22-14)15-4-3-7-30-15/h3-4,7,10-11,13H,2,5-6,8-9,12H2,1H3/b16-10+,18-11+. The largest absolute Gasteiger partial charge is 0.463 e. The summed E-state index contributed by atoms with van der Waals surface area (Å²) in [6, 6.07) is 3.59. The van der Waals surface area contributed by atoms with Gasteiger partial charge in [-0.2, -0.15) is 0 Å². The van der Waals surface area contributed by atoms with Crippen molar-refractivity contribution in [1.82, 2.24) is 14.5 Å². The molecule has 1 aliphatic heterocycles. The molecule has 1 amide bonds. The summed E-state index contributed by atoms with van der Waals surface area (Å²) in [6.07, 6.45) is 4.46. The molecule has 0 atom stereocenters. The molecule has 1 aliphatic rings. The molecule has 11 heteroatoms. The van der Waals surface area contributed by atoms with E-state index in [9.17, 15) is 14.4 Å². The van der Waals surface area contributed by atoms with Gasteiger partial charge in [-0.3, -0.25) is 14.2 Å². The number of amides is 1. The minimum Gasteiger partial charge on any atom is -0.463 e. The molecule has 0 saturated carbocycles. The minimum absolute atomic E-state index is 0.164. The Hall–Kier alpha value is -3.02. The van der Waals surface area contributed by atoms with Gasteiger partial charge in [0.25, 0.3) is 5.56 Å². The van der Waals surface area contributed by atoms with Gasteiger partial charge in [0.1, 0.15) is 11.2 Å². The molecule has 0 radical (unpaired) electrons. The van der Waals surface area contributed by atoms with Crippen LogP contribution in [0.1, 0.15) is 12.6 Å². The molecule has 168 valence electrons. The predicted octanol–water partition coefficient (Wildman–Crippen LogP) is 0.657. The maximum absolute atomic E-state index is 13.1. The molecule has 3 aromatic heterocycles. The van der Waals surface area contributed by atoms with Crippen LogP contribution in [0.3, 0.4) is 0 Å². The van der Waals surface area contributed by atoms with Gasteiger partial charge in [0, 0.05) is 18.5 Å². The van der Waals surface area contributed by atoms with E-state index in [0.717, 1.165) is 11.3 Å². The van der Waals surface area contributed by atoms with Crippen molar-refractivity contribution in [2.75, 3.05) is 32.9 Å². The van der Waals surface area contributed by atoms with Gasteiger partial charge < -0.3 is 18.8 Å². The molecule has 4 heterocycles. The maximum atomic E-state index is 13.1. The number of hydrogen-bond acceptors (Lipinski definition) is 9. The number of thiazole rings is 2. The summed E-state index contributed by atoms with van der Waals surface area (Å²) in [5, 5.41) is 2.51. The van der Waals surface area contributed by atoms with Crippen LogP contribution in [0.25, 0.3) is 22.9 Å². The van der Waals surface area contributed by atoms with Crippen LogP contribution >= 0.6 is 22.7 Å². The lowest BCUT2D eigenvalue weighted by Gasteiger charge is -2.26. The molecule has 1 saturated heterocycles. The van der Waals surface area contributed by atoms with Crippen molar-refractivity contribution in [2.45, 2.75) is 13.5 Å². The van der Waals surface area contributed by atoms with Gasteiger partial charge in [0.05, 0.1) is 42.4 Å². The number of esters is 1. The topological polar surface area (TPSA) is 104 Å². The zero-order valence-electron chi connectivity index (χ0n) is 17.3. The zero-order valence-corrected chi connectivity index (χ0v) is 18.9. The number of nitrogens with zero attached hydrogens (tertiary/aromatic N) is 3. The van der Waals surface area contributed by atoms with E-state index < -0.39 is 5.97 Å². The molecule has 9 nitrogen and oxygen atoms in total. The normalized spacial score (nSPS) is 15.3. The molecule has 0 N–H and O–H groups in total. The Bertz CT molecular complexity index is 1270. The smallest absolute Gasteiger partial charge is 0.333 e. The van der Waals surface area contributed by atoms with Crippen LogP contribution in [0.2, 0.25) is 0 Å². The lowest BCUT2D eigenvalue weighted by Crippen LogP contribution is -2.45. The fraction of sp³-hybridized carbons (Fsp3) is 0.333. The average molecular weight is 476 g/mol. The molecular formula is C21H21N3O6S2. The molecule has 32 heavy (non-hydrogen) atoms. The van der Waals surface area contributed by atoms with E-state index >= 15 is 0 Å². The highest BCUT2D eigenvalue weighted by Crippen LogP contribution is 2.24. The Morgan fingerprint density at radius 3 is 2.84 bits per heavy atom. The van der Waals surface area contributed by atoms with E-state index in [2.05, 4.69) is 4.98 Å². The quantitative estimate of drug-likeness (QED) is 0.483. The molecule has 0 aromatic carbocycles. The second-order valence-electron chi connectivity index (χ2n) is 6.78. The minimum atomic E-state index is -0.568. The highest BCUT2D eigenvalue weighted by molar-refractivity contribution is 7.13. The second kappa shape index (κ2) is 10.1. The first kappa shape index (κ1) is 22.2. The van der Waals surface area contributed by atoms with E-state index in [4.69, 9.17) is 13.9 Å². The third-order valence-electron chi connectivity index (χ3n) is 4.65. The predicted molar refractivity (Wildman–Crippen MR) is 120 cm³/mol. The van der Waals surface area contributed by atoms with Crippen molar-refractivity contribution in [3.8, 4) is 10.8 Å². The third-order valence-corrected chi connectivity index (χ3v) is 6.59. The summed E-state index contributed by atoms with van der Waals surface area (Å²) in [5.41, 5.74) is 0.230. The lowest BCUT2D eigenvalue weighted by molar-refractivity contribution is -0.136. The van der Waals surface area contributed by atoms with E-state index in [0.29, 0.717) is 52.0 Å². The monoisotopic (exact) mass is 475 g/mol. The number of aromatic nitrogens is 2. The van der Waals surface area contributed by atoms with Crippen molar-refractivity contribution < 1.29 is 23.5 Å². The lowest BCUT2D eigenvalue weighted by atomic mass is 10.4. The van der Waals surface area contributed by atoms with Crippen LogP contribution < -0.4 is 14.8 Å². The summed E-state index contributed by atoms with van der Waals surface area (Å²) in [6.45, 7) is 3.63. The van der Waals surface area contributed by atoms with E-state index in [1.54, 1.807) is 30.2 Å². The molecule has 1 fully saturated rings. The molecule has 4 rings (SSSR count). The Morgan fingerprint density at radius 2 is 2.12 bits per heavy atom. The SMILES string of the molecule is CCOC(=O)/C=c1/s/c(=C/c2csc(-c3ccco3)n2)c(=O)n1CC(=O)N1CCOCC1. The Kier molecular flexibility index (Phi) is 6.98. The number of rotatable bonds is 6. The first-order valence-electron chi connectivity index (χ1n) is 10.00. The van der Waals surface area contributed by atoms with E-state index in [1.807, 2.05) is 11.4 Å². The number of carbonyl (C=O) groups is 2. The van der Waals surface area contributed by atoms with Gasteiger partial charge >= 0.3 is 5.97 Å². The van der Waals surface area contributed by atoms with Gasteiger partial charge in [-0.1, -0.05) is 0 Å².